The molecule has 1 unspecified atom stereocenters. The highest BCUT2D eigenvalue weighted by Gasteiger charge is 2.25. The number of aliphatic hydroxyl groups excluding tert-OH is 1. The lowest BCUT2D eigenvalue weighted by Gasteiger charge is -2.29. The van der Waals surface area contributed by atoms with Crippen molar-refractivity contribution < 1.29 is 19.1 Å². The minimum absolute atomic E-state index is 0.0114. The summed E-state index contributed by atoms with van der Waals surface area (Å²) >= 11 is 0. The molecule has 0 fully saturated rings. The number of nitrogens with one attached hydrogen (secondary N) is 1. The molecule has 1 aromatic rings. The van der Waals surface area contributed by atoms with Gasteiger partial charge < -0.3 is 19.6 Å². The first-order chi connectivity index (χ1) is 8.99. The average molecular weight is 269 g/mol. The van der Waals surface area contributed by atoms with E-state index in [4.69, 9.17) is 14.3 Å². The van der Waals surface area contributed by atoms with Crippen LogP contribution in [-0.2, 0) is 16.0 Å². The minimum Gasteiger partial charge on any atom is -0.466 e. The predicted octanol–water partition coefficient (Wildman–Crippen LogP) is 1.42. The molecule has 2 N–H and O–H groups in total. The van der Waals surface area contributed by atoms with Crippen molar-refractivity contribution in [2.24, 2.45) is 0 Å². The maximum Gasteiger partial charge on any atom is 0.220 e. The molecule has 5 heteroatoms. The Morgan fingerprint density at radius 3 is 2.79 bits per heavy atom. The number of hydrogen-bond acceptors (Lipinski definition) is 4. The number of carbonyl (C=O) groups is 1. The summed E-state index contributed by atoms with van der Waals surface area (Å²) in [6, 6.07) is 3.76. The summed E-state index contributed by atoms with van der Waals surface area (Å²) < 4.78 is 10.5. The summed E-state index contributed by atoms with van der Waals surface area (Å²) in [5.41, 5.74) is -0.528. The monoisotopic (exact) mass is 269 g/mol. The topological polar surface area (TPSA) is 71.7 Å². The van der Waals surface area contributed by atoms with Crippen LogP contribution < -0.4 is 5.32 Å². The second kappa shape index (κ2) is 7.31. The molecule has 1 heterocycles. The first-order valence-corrected chi connectivity index (χ1v) is 6.45. The van der Waals surface area contributed by atoms with Crippen LogP contribution in [0.5, 0.6) is 0 Å². The SMILES string of the molecule is COCC(C)(CCO)NC(=O)CCc1ccc(C)o1. The fraction of sp³-hybridized carbons (Fsp3) is 0.643. The Bertz CT molecular complexity index is 394. The molecule has 0 aliphatic carbocycles. The summed E-state index contributed by atoms with van der Waals surface area (Å²) in [5, 5.41) is 11.9. The van der Waals surface area contributed by atoms with E-state index in [1.54, 1.807) is 7.11 Å². The first kappa shape index (κ1) is 15.7. The molecule has 0 aromatic carbocycles. The van der Waals surface area contributed by atoms with Crippen LogP contribution in [0.25, 0.3) is 0 Å². The van der Waals surface area contributed by atoms with Crippen molar-refractivity contribution in [2.45, 2.75) is 38.6 Å². The van der Waals surface area contributed by atoms with Gasteiger partial charge in [0.15, 0.2) is 0 Å². The van der Waals surface area contributed by atoms with Gasteiger partial charge in [-0.25, -0.2) is 0 Å². The zero-order chi connectivity index (χ0) is 14.3. The Morgan fingerprint density at radius 1 is 1.53 bits per heavy atom. The van der Waals surface area contributed by atoms with E-state index in [-0.39, 0.29) is 12.5 Å². The molecule has 1 aromatic heterocycles. The largest absolute Gasteiger partial charge is 0.466 e. The van der Waals surface area contributed by atoms with Crippen molar-refractivity contribution in [3.8, 4) is 0 Å². The van der Waals surface area contributed by atoms with E-state index in [1.165, 1.54) is 0 Å². The zero-order valence-corrected chi connectivity index (χ0v) is 11.9. The molecule has 0 spiro atoms. The molecule has 1 rings (SSSR count). The van der Waals surface area contributed by atoms with Crippen LogP contribution in [-0.4, -0.2) is 36.9 Å². The number of hydrogen-bond donors (Lipinski definition) is 2. The number of carbonyl (C=O) groups excluding carboxylic acids is 1. The van der Waals surface area contributed by atoms with Gasteiger partial charge >= 0.3 is 0 Å². The highest BCUT2D eigenvalue weighted by molar-refractivity contribution is 5.77. The second-order valence-corrected chi connectivity index (χ2v) is 5.03. The fourth-order valence-corrected chi connectivity index (χ4v) is 1.99. The van der Waals surface area contributed by atoms with Gasteiger partial charge in [-0.1, -0.05) is 0 Å². The van der Waals surface area contributed by atoms with Crippen LogP contribution in [0.2, 0.25) is 0 Å². The van der Waals surface area contributed by atoms with Crippen molar-refractivity contribution in [3.05, 3.63) is 23.7 Å². The number of methoxy groups -OCH3 is 1. The Balaban J connectivity index is 2.44. The molecule has 0 saturated carbocycles. The maximum absolute atomic E-state index is 11.9. The first-order valence-electron chi connectivity index (χ1n) is 6.45. The molecule has 0 aliphatic rings. The van der Waals surface area contributed by atoms with Gasteiger partial charge in [-0.3, -0.25) is 4.79 Å². The molecular formula is C14H23NO4. The number of aliphatic hydroxyl groups is 1. The highest BCUT2D eigenvalue weighted by atomic mass is 16.5. The normalized spacial score (nSPS) is 14.1. The molecular weight excluding hydrogens is 246 g/mol. The van der Waals surface area contributed by atoms with Gasteiger partial charge in [-0.2, -0.15) is 0 Å². The van der Waals surface area contributed by atoms with Crippen LogP contribution in [0, 0.1) is 6.92 Å². The summed E-state index contributed by atoms with van der Waals surface area (Å²) in [5.74, 6) is 1.59. The van der Waals surface area contributed by atoms with Crippen molar-refractivity contribution in [3.63, 3.8) is 0 Å². The molecule has 1 atom stereocenters. The molecule has 0 radical (unpaired) electrons. The third-order valence-electron chi connectivity index (χ3n) is 2.96. The van der Waals surface area contributed by atoms with E-state index in [1.807, 2.05) is 26.0 Å². The lowest BCUT2D eigenvalue weighted by molar-refractivity contribution is -0.123. The van der Waals surface area contributed by atoms with E-state index in [9.17, 15) is 4.79 Å². The average Bonchev–Trinajstić information content (AvgIpc) is 2.73. The van der Waals surface area contributed by atoms with Gasteiger partial charge in [-0.15, -0.1) is 0 Å². The maximum atomic E-state index is 11.9. The Hall–Kier alpha value is -1.33. The van der Waals surface area contributed by atoms with Crippen LogP contribution in [0.4, 0.5) is 0 Å². The third-order valence-corrected chi connectivity index (χ3v) is 2.96. The van der Waals surface area contributed by atoms with E-state index in [0.717, 1.165) is 11.5 Å². The standard InChI is InChI=1S/C14H23NO4/c1-11-4-5-12(19-11)6-7-13(17)15-14(2,8-9-16)10-18-3/h4-5,16H,6-10H2,1-3H3,(H,15,17). The van der Waals surface area contributed by atoms with Crippen molar-refractivity contribution in [1.82, 2.24) is 5.32 Å². The van der Waals surface area contributed by atoms with Crippen molar-refractivity contribution >= 4 is 5.91 Å². The smallest absolute Gasteiger partial charge is 0.220 e. The van der Waals surface area contributed by atoms with E-state index in [2.05, 4.69) is 5.32 Å². The Morgan fingerprint density at radius 2 is 2.26 bits per heavy atom. The summed E-state index contributed by atoms with van der Waals surface area (Å²) in [6.07, 6.45) is 1.39. The lowest BCUT2D eigenvalue weighted by Crippen LogP contribution is -2.50. The van der Waals surface area contributed by atoms with Crippen LogP contribution in [0.1, 0.15) is 31.3 Å². The van der Waals surface area contributed by atoms with Crippen LogP contribution >= 0.6 is 0 Å². The number of rotatable bonds is 8. The number of furan rings is 1. The van der Waals surface area contributed by atoms with Gasteiger partial charge in [0.05, 0.1) is 12.1 Å². The van der Waals surface area contributed by atoms with Gasteiger partial charge in [0.1, 0.15) is 11.5 Å². The molecule has 0 bridgehead atoms. The fourth-order valence-electron chi connectivity index (χ4n) is 1.99. The second-order valence-electron chi connectivity index (χ2n) is 5.03. The van der Waals surface area contributed by atoms with Gasteiger partial charge in [0, 0.05) is 26.6 Å². The minimum atomic E-state index is -0.528. The van der Waals surface area contributed by atoms with Crippen molar-refractivity contribution in [2.75, 3.05) is 20.3 Å². The quantitative estimate of drug-likeness (QED) is 0.749. The van der Waals surface area contributed by atoms with E-state index < -0.39 is 5.54 Å². The summed E-state index contributed by atoms with van der Waals surface area (Å²) in [7, 11) is 1.58. The lowest BCUT2D eigenvalue weighted by atomic mass is 9.99. The summed E-state index contributed by atoms with van der Waals surface area (Å²) in [4.78, 5) is 11.9. The van der Waals surface area contributed by atoms with E-state index >= 15 is 0 Å². The zero-order valence-electron chi connectivity index (χ0n) is 11.9. The molecule has 5 nitrogen and oxygen atoms in total. The third kappa shape index (κ3) is 5.44. The van der Waals surface area contributed by atoms with Gasteiger partial charge in [0.25, 0.3) is 0 Å². The molecule has 108 valence electrons. The molecule has 0 aliphatic heterocycles. The van der Waals surface area contributed by atoms with Gasteiger partial charge in [-0.05, 0) is 32.4 Å². The number of aryl methyl sites for hydroxylation is 2. The predicted molar refractivity (Wildman–Crippen MR) is 71.9 cm³/mol. The molecule has 0 saturated heterocycles. The summed E-state index contributed by atoms with van der Waals surface area (Å²) in [6.45, 7) is 4.12. The molecule has 1 amide bonds. The Labute approximate surface area is 113 Å². The Kier molecular flexibility index (Phi) is 6.05. The molecule has 19 heavy (non-hydrogen) atoms. The van der Waals surface area contributed by atoms with E-state index in [0.29, 0.717) is 25.9 Å². The highest BCUT2D eigenvalue weighted by Crippen LogP contribution is 2.12. The van der Waals surface area contributed by atoms with Crippen molar-refractivity contribution in [1.29, 1.82) is 0 Å². The number of ether oxygens (including phenoxy) is 1. The number of amides is 1. The van der Waals surface area contributed by atoms with Gasteiger partial charge in [0.2, 0.25) is 5.91 Å². The van der Waals surface area contributed by atoms with Crippen LogP contribution in [0.15, 0.2) is 16.5 Å². The van der Waals surface area contributed by atoms with Crippen LogP contribution in [0.3, 0.4) is 0 Å².